The molecule has 1 aromatic carbocycles. The third kappa shape index (κ3) is 3.96. The van der Waals surface area contributed by atoms with Gasteiger partial charge in [-0.3, -0.25) is 0 Å². The largest absolute Gasteiger partial charge is 0.385 e. The van der Waals surface area contributed by atoms with Crippen LogP contribution in [0.5, 0.6) is 0 Å². The van der Waals surface area contributed by atoms with E-state index in [1.165, 1.54) is 32.1 Å². The average Bonchev–Trinajstić information content (AvgIpc) is 2.40. The molecule has 20 heavy (non-hydrogen) atoms. The Morgan fingerprint density at radius 2 is 1.95 bits per heavy atom. The fourth-order valence-corrected chi connectivity index (χ4v) is 3.81. The van der Waals surface area contributed by atoms with Gasteiger partial charge in [0, 0.05) is 12.2 Å². The van der Waals surface area contributed by atoms with Crippen LogP contribution >= 0.6 is 0 Å². The van der Waals surface area contributed by atoms with Gasteiger partial charge in [-0.15, -0.1) is 0 Å². The van der Waals surface area contributed by atoms with Crippen LogP contribution in [-0.4, -0.2) is 15.0 Å². The molecule has 0 aromatic heterocycles. The Bertz CT molecular complexity index is 549. The molecule has 4 nitrogen and oxygen atoms in total. The summed E-state index contributed by atoms with van der Waals surface area (Å²) >= 11 is 0. The van der Waals surface area contributed by atoms with Crippen LogP contribution in [0.4, 0.5) is 5.69 Å². The van der Waals surface area contributed by atoms with Crippen molar-refractivity contribution in [3.05, 3.63) is 23.8 Å². The van der Waals surface area contributed by atoms with E-state index in [1.54, 1.807) is 19.1 Å². The van der Waals surface area contributed by atoms with Crippen molar-refractivity contribution in [1.82, 2.24) is 0 Å². The van der Waals surface area contributed by atoms with E-state index < -0.39 is 10.0 Å². The van der Waals surface area contributed by atoms with E-state index in [2.05, 4.69) is 5.32 Å². The van der Waals surface area contributed by atoms with Gasteiger partial charge in [0.25, 0.3) is 0 Å². The van der Waals surface area contributed by atoms with Crippen LogP contribution in [0.3, 0.4) is 0 Å². The van der Waals surface area contributed by atoms with Crippen molar-refractivity contribution in [2.45, 2.75) is 50.3 Å². The first-order chi connectivity index (χ1) is 9.48. The molecule has 1 saturated carbocycles. The van der Waals surface area contributed by atoms with Crippen LogP contribution in [0.25, 0.3) is 0 Å². The Morgan fingerprint density at radius 1 is 1.25 bits per heavy atom. The molecule has 112 valence electrons. The number of nitrogens with one attached hydrogen (secondary N) is 1. The maximum Gasteiger partial charge on any atom is 0.238 e. The second kappa shape index (κ2) is 6.59. The number of anilines is 1. The van der Waals surface area contributed by atoms with E-state index in [0.717, 1.165) is 24.6 Å². The molecule has 0 unspecified atom stereocenters. The molecule has 1 aliphatic carbocycles. The number of nitrogens with two attached hydrogens (primary N) is 1. The zero-order chi connectivity index (χ0) is 14.6. The predicted octanol–water partition coefficient (Wildman–Crippen LogP) is 3.02. The molecule has 0 saturated heterocycles. The van der Waals surface area contributed by atoms with Crippen LogP contribution in [0.15, 0.2) is 23.1 Å². The molecular weight excluding hydrogens is 272 g/mol. The highest BCUT2D eigenvalue weighted by atomic mass is 32.2. The Balaban J connectivity index is 1.96. The second-order valence-electron chi connectivity index (χ2n) is 5.69. The van der Waals surface area contributed by atoms with Crippen LogP contribution < -0.4 is 10.5 Å². The smallest absolute Gasteiger partial charge is 0.238 e. The lowest BCUT2D eigenvalue weighted by atomic mass is 9.87. The first-order valence-corrected chi connectivity index (χ1v) is 8.89. The molecule has 0 atom stereocenters. The molecular formula is C15H24N2O2S. The minimum atomic E-state index is -3.64. The van der Waals surface area contributed by atoms with Gasteiger partial charge in [-0.2, -0.15) is 0 Å². The topological polar surface area (TPSA) is 72.2 Å². The summed E-state index contributed by atoms with van der Waals surface area (Å²) in [5.41, 5.74) is 1.57. The summed E-state index contributed by atoms with van der Waals surface area (Å²) in [5, 5.41) is 8.57. The number of rotatable bonds is 5. The van der Waals surface area contributed by atoms with Gasteiger partial charge < -0.3 is 5.32 Å². The lowest BCUT2D eigenvalue weighted by Crippen LogP contribution is -2.16. The molecule has 1 fully saturated rings. The monoisotopic (exact) mass is 296 g/mol. The lowest BCUT2D eigenvalue weighted by Gasteiger charge is -2.22. The van der Waals surface area contributed by atoms with Crippen molar-refractivity contribution in [1.29, 1.82) is 0 Å². The number of primary sulfonamides is 1. The van der Waals surface area contributed by atoms with Crippen molar-refractivity contribution in [2.24, 2.45) is 11.1 Å². The summed E-state index contributed by atoms with van der Waals surface area (Å²) in [5.74, 6) is 0.818. The Hall–Kier alpha value is -1.07. The maximum atomic E-state index is 11.5. The van der Waals surface area contributed by atoms with Gasteiger partial charge in [0.1, 0.15) is 0 Å². The maximum absolute atomic E-state index is 11.5. The molecule has 0 spiro atoms. The van der Waals surface area contributed by atoms with Crippen molar-refractivity contribution in [3.8, 4) is 0 Å². The summed E-state index contributed by atoms with van der Waals surface area (Å²) in [4.78, 5) is 0.208. The third-order valence-corrected chi connectivity index (χ3v) is 5.24. The molecule has 0 radical (unpaired) electrons. The molecule has 0 aliphatic heterocycles. The van der Waals surface area contributed by atoms with Gasteiger partial charge in [-0.05, 0) is 37.0 Å². The van der Waals surface area contributed by atoms with Crippen LogP contribution in [-0.2, 0) is 10.0 Å². The standard InChI is InChI=1S/C15H24N2O2S/c1-12-14(8-5-9-15(12)20(16,18)19)17-11-10-13-6-3-2-4-7-13/h5,8-9,13,17H,2-4,6-7,10-11H2,1H3,(H2,16,18,19). The van der Waals surface area contributed by atoms with E-state index in [-0.39, 0.29) is 4.90 Å². The molecule has 1 aliphatic rings. The summed E-state index contributed by atoms with van der Waals surface area (Å²) in [6, 6.07) is 5.19. The Kier molecular flexibility index (Phi) is 5.05. The third-order valence-electron chi connectivity index (χ3n) is 4.18. The van der Waals surface area contributed by atoms with Gasteiger partial charge >= 0.3 is 0 Å². The molecule has 3 N–H and O–H groups in total. The molecule has 5 heteroatoms. The van der Waals surface area contributed by atoms with Gasteiger partial charge in [0.2, 0.25) is 10.0 Å². The van der Waals surface area contributed by atoms with Crippen molar-refractivity contribution in [2.75, 3.05) is 11.9 Å². The Morgan fingerprint density at radius 3 is 2.60 bits per heavy atom. The zero-order valence-corrected chi connectivity index (χ0v) is 12.9. The average molecular weight is 296 g/mol. The molecule has 1 aromatic rings. The van der Waals surface area contributed by atoms with Gasteiger partial charge in [-0.25, -0.2) is 13.6 Å². The fourth-order valence-electron chi connectivity index (χ4n) is 3.00. The van der Waals surface area contributed by atoms with E-state index in [9.17, 15) is 8.42 Å². The second-order valence-corrected chi connectivity index (χ2v) is 7.22. The van der Waals surface area contributed by atoms with Crippen LogP contribution in [0, 0.1) is 12.8 Å². The minimum Gasteiger partial charge on any atom is -0.385 e. The van der Waals surface area contributed by atoms with E-state index >= 15 is 0 Å². The predicted molar refractivity (Wildman–Crippen MR) is 82.2 cm³/mol. The van der Waals surface area contributed by atoms with Gasteiger partial charge in [0.15, 0.2) is 0 Å². The molecule has 0 amide bonds. The quantitative estimate of drug-likeness (QED) is 0.877. The van der Waals surface area contributed by atoms with E-state index in [0.29, 0.717) is 5.56 Å². The van der Waals surface area contributed by atoms with Gasteiger partial charge in [-0.1, -0.05) is 38.2 Å². The first kappa shape index (κ1) is 15.3. The first-order valence-electron chi connectivity index (χ1n) is 7.35. The Labute approximate surface area is 121 Å². The van der Waals surface area contributed by atoms with Crippen molar-refractivity contribution < 1.29 is 8.42 Å². The highest BCUT2D eigenvalue weighted by Gasteiger charge is 2.15. The summed E-state index contributed by atoms with van der Waals surface area (Å²) in [7, 11) is -3.64. The highest BCUT2D eigenvalue weighted by molar-refractivity contribution is 7.89. The fraction of sp³-hybridized carbons (Fsp3) is 0.600. The number of hydrogen-bond donors (Lipinski definition) is 2. The lowest BCUT2D eigenvalue weighted by molar-refractivity contribution is 0.345. The highest BCUT2D eigenvalue weighted by Crippen LogP contribution is 2.27. The molecule has 0 heterocycles. The molecule has 2 rings (SSSR count). The van der Waals surface area contributed by atoms with Crippen molar-refractivity contribution in [3.63, 3.8) is 0 Å². The van der Waals surface area contributed by atoms with Crippen LogP contribution in [0.2, 0.25) is 0 Å². The summed E-state index contributed by atoms with van der Waals surface area (Å²) in [6.45, 7) is 2.68. The minimum absolute atomic E-state index is 0.208. The summed E-state index contributed by atoms with van der Waals surface area (Å²) < 4.78 is 23.0. The molecule has 0 bridgehead atoms. The number of hydrogen-bond acceptors (Lipinski definition) is 3. The number of sulfonamides is 1. The van der Waals surface area contributed by atoms with E-state index in [1.807, 2.05) is 6.07 Å². The van der Waals surface area contributed by atoms with E-state index in [4.69, 9.17) is 5.14 Å². The summed E-state index contributed by atoms with van der Waals surface area (Å²) in [6.07, 6.45) is 7.89. The normalized spacial score (nSPS) is 17.1. The zero-order valence-electron chi connectivity index (χ0n) is 12.1. The van der Waals surface area contributed by atoms with Gasteiger partial charge in [0.05, 0.1) is 4.90 Å². The van der Waals surface area contributed by atoms with Crippen LogP contribution in [0.1, 0.15) is 44.1 Å². The van der Waals surface area contributed by atoms with Crippen molar-refractivity contribution >= 4 is 15.7 Å². The number of benzene rings is 1. The SMILES string of the molecule is Cc1c(NCCC2CCCCC2)cccc1S(N)(=O)=O.